The third-order valence-corrected chi connectivity index (χ3v) is 12.8. The van der Waals surface area contributed by atoms with Gasteiger partial charge in [0.2, 0.25) is 0 Å². The summed E-state index contributed by atoms with van der Waals surface area (Å²) >= 11 is 0. The molecule has 0 aliphatic rings. The number of aromatic nitrogens is 1. The summed E-state index contributed by atoms with van der Waals surface area (Å²) in [7, 11) is 0. The van der Waals surface area contributed by atoms with E-state index in [2.05, 4.69) is 270 Å². The molecule has 0 spiro atoms. The molecule has 0 saturated heterocycles. The van der Waals surface area contributed by atoms with Gasteiger partial charge in [0.15, 0.2) is 0 Å². The van der Waals surface area contributed by atoms with Crippen molar-refractivity contribution in [3.8, 4) is 39.1 Å². The number of anilines is 5. The van der Waals surface area contributed by atoms with Crippen molar-refractivity contribution in [1.82, 2.24) is 4.57 Å². The predicted molar refractivity (Wildman–Crippen MR) is 277 cm³/mol. The normalized spacial score (nSPS) is 11.4. The summed E-state index contributed by atoms with van der Waals surface area (Å²) in [5.74, 6) is 0. The van der Waals surface area contributed by atoms with E-state index < -0.39 is 0 Å². The van der Waals surface area contributed by atoms with E-state index in [1.165, 1.54) is 60.4 Å². The van der Waals surface area contributed by atoms with Gasteiger partial charge in [0, 0.05) is 55.5 Å². The van der Waals surface area contributed by atoms with Crippen molar-refractivity contribution in [3.63, 3.8) is 0 Å². The molecule has 12 rings (SSSR count). The molecule has 0 bridgehead atoms. The Balaban J connectivity index is 0.967. The van der Waals surface area contributed by atoms with Gasteiger partial charge in [0.25, 0.3) is 0 Å². The number of benzene rings is 11. The van der Waals surface area contributed by atoms with Crippen LogP contribution in [0.25, 0.3) is 82.4 Å². The molecule has 0 aliphatic heterocycles. The zero-order valence-electron chi connectivity index (χ0n) is 35.6. The number of nitrogens with zero attached hydrogens (tertiary/aromatic N) is 2. The highest BCUT2D eigenvalue weighted by molar-refractivity contribution is 6.11. The lowest BCUT2D eigenvalue weighted by Crippen LogP contribution is -2.11. The first-order valence-corrected chi connectivity index (χ1v) is 22.3. The molecule has 0 unspecified atom stereocenters. The van der Waals surface area contributed by atoms with E-state index in [0.29, 0.717) is 0 Å². The van der Waals surface area contributed by atoms with E-state index >= 15 is 0 Å². The van der Waals surface area contributed by atoms with E-state index in [4.69, 9.17) is 0 Å². The molecule has 65 heavy (non-hydrogen) atoms. The highest BCUT2D eigenvalue weighted by atomic mass is 15.1. The van der Waals surface area contributed by atoms with Gasteiger partial charge >= 0.3 is 0 Å². The third kappa shape index (κ3) is 6.87. The van der Waals surface area contributed by atoms with Crippen LogP contribution < -0.4 is 10.2 Å². The van der Waals surface area contributed by atoms with Gasteiger partial charge in [0.1, 0.15) is 0 Å². The minimum absolute atomic E-state index is 1.05. The monoisotopic (exact) mass is 829 g/mol. The van der Waals surface area contributed by atoms with Crippen molar-refractivity contribution >= 4 is 71.8 Å². The fourth-order valence-corrected chi connectivity index (χ4v) is 9.70. The number of hydrogen-bond acceptors (Lipinski definition) is 2. The Morgan fingerprint density at radius 1 is 0.308 bits per heavy atom. The van der Waals surface area contributed by atoms with E-state index in [-0.39, 0.29) is 0 Å². The van der Waals surface area contributed by atoms with Crippen molar-refractivity contribution in [1.29, 1.82) is 0 Å². The Hall–Kier alpha value is -8.66. The van der Waals surface area contributed by atoms with Gasteiger partial charge in [-0.15, -0.1) is 0 Å². The molecular weight excluding hydrogens is 787 g/mol. The Kier molecular flexibility index (Phi) is 9.50. The van der Waals surface area contributed by atoms with Crippen molar-refractivity contribution in [2.45, 2.75) is 0 Å². The number of para-hydroxylation sites is 3. The fourth-order valence-electron chi connectivity index (χ4n) is 9.70. The lowest BCUT2D eigenvalue weighted by atomic mass is 9.97. The Morgan fingerprint density at radius 3 is 1.65 bits per heavy atom. The summed E-state index contributed by atoms with van der Waals surface area (Å²) in [6.07, 6.45) is 0. The van der Waals surface area contributed by atoms with E-state index in [1.807, 2.05) is 0 Å². The van der Waals surface area contributed by atoms with Crippen LogP contribution in [-0.2, 0) is 0 Å². The molecule has 0 amide bonds. The first-order valence-electron chi connectivity index (χ1n) is 22.3. The number of fused-ring (bicyclic) bond motifs is 5. The van der Waals surface area contributed by atoms with Gasteiger partial charge in [0.05, 0.1) is 16.7 Å². The van der Waals surface area contributed by atoms with Crippen LogP contribution in [0.15, 0.2) is 255 Å². The van der Waals surface area contributed by atoms with Crippen LogP contribution in [0.5, 0.6) is 0 Å². The van der Waals surface area contributed by atoms with Gasteiger partial charge in [-0.25, -0.2) is 0 Å². The van der Waals surface area contributed by atoms with Gasteiger partial charge in [-0.3, -0.25) is 0 Å². The van der Waals surface area contributed by atoms with Crippen molar-refractivity contribution in [2.24, 2.45) is 0 Å². The highest BCUT2D eigenvalue weighted by Crippen LogP contribution is 2.44. The zero-order chi connectivity index (χ0) is 43.1. The molecular formula is C62H43N3. The maximum absolute atomic E-state index is 3.84. The second kappa shape index (κ2) is 16.2. The number of nitrogens with one attached hydrogen (secondary N) is 1. The largest absolute Gasteiger partial charge is 0.355 e. The SMILES string of the molecule is c1ccc(-c2ccccc2Nc2ccc(N(c3ccc(-c4ccc5c(c4)c4ccccc4n5-c4ccccc4)cc3)c3ccc(-c4cccc5ccccc45)cc3)c3ccccc23)cc1. The van der Waals surface area contributed by atoms with Gasteiger partial charge in [-0.05, 0) is 111 Å². The molecule has 1 N–H and O–H groups in total. The van der Waals surface area contributed by atoms with E-state index in [0.717, 1.165) is 50.5 Å². The lowest BCUT2D eigenvalue weighted by Gasteiger charge is -2.28. The smallest absolute Gasteiger partial charge is 0.0541 e. The van der Waals surface area contributed by atoms with Crippen LogP contribution >= 0.6 is 0 Å². The predicted octanol–water partition coefficient (Wildman–Crippen LogP) is 17.3. The minimum Gasteiger partial charge on any atom is -0.355 e. The molecule has 0 saturated carbocycles. The zero-order valence-corrected chi connectivity index (χ0v) is 35.6. The maximum Gasteiger partial charge on any atom is 0.0541 e. The second-order valence-corrected chi connectivity index (χ2v) is 16.6. The Labute approximate surface area is 378 Å². The van der Waals surface area contributed by atoms with Crippen LogP contribution in [0.4, 0.5) is 28.4 Å². The van der Waals surface area contributed by atoms with Crippen molar-refractivity contribution in [3.05, 3.63) is 255 Å². The average Bonchev–Trinajstić information content (AvgIpc) is 3.72. The molecule has 0 atom stereocenters. The molecule has 1 heterocycles. The van der Waals surface area contributed by atoms with Crippen molar-refractivity contribution < 1.29 is 0 Å². The molecule has 12 aromatic rings. The van der Waals surface area contributed by atoms with E-state index in [9.17, 15) is 0 Å². The van der Waals surface area contributed by atoms with E-state index in [1.54, 1.807) is 0 Å². The summed E-state index contributed by atoms with van der Waals surface area (Å²) in [6, 6.07) is 91.9. The van der Waals surface area contributed by atoms with Crippen LogP contribution in [0.2, 0.25) is 0 Å². The summed E-state index contributed by atoms with van der Waals surface area (Å²) in [5, 5.41) is 11.1. The Bertz CT molecular complexity index is 3660. The van der Waals surface area contributed by atoms with Gasteiger partial charge < -0.3 is 14.8 Å². The lowest BCUT2D eigenvalue weighted by molar-refractivity contribution is 1.18. The van der Waals surface area contributed by atoms with Crippen LogP contribution in [0.3, 0.4) is 0 Å². The molecule has 11 aromatic carbocycles. The quantitative estimate of drug-likeness (QED) is 0.156. The molecule has 3 heteroatoms. The summed E-state index contributed by atoms with van der Waals surface area (Å²) in [4.78, 5) is 2.40. The summed E-state index contributed by atoms with van der Waals surface area (Å²) in [5.41, 5.74) is 16.0. The van der Waals surface area contributed by atoms with Crippen LogP contribution in [-0.4, -0.2) is 4.57 Å². The van der Waals surface area contributed by atoms with Crippen LogP contribution in [0, 0.1) is 0 Å². The molecule has 0 radical (unpaired) electrons. The maximum atomic E-state index is 3.84. The summed E-state index contributed by atoms with van der Waals surface area (Å²) < 4.78 is 2.37. The minimum atomic E-state index is 1.05. The number of hydrogen-bond donors (Lipinski definition) is 1. The molecule has 0 aliphatic carbocycles. The van der Waals surface area contributed by atoms with Gasteiger partial charge in [-0.2, -0.15) is 0 Å². The molecule has 0 fully saturated rings. The third-order valence-electron chi connectivity index (χ3n) is 12.8. The first-order chi connectivity index (χ1) is 32.2. The molecule has 3 nitrogen and oxygen atoms in total. The number of rotatable bonds is 9. The fraction of sp³-hybridized carbons (Fsp3) is 0. The topological polar surface area (TPSA) is 20.2 Å². The molecule has 306 valence electrons. The average molecular weight is 830 g/mol. The summed E-state index contributed by atoms with van der Waals surface area (Å²) in [6.45, 7) is 0. The first kappa shape index (κ1) is 38.0. The second-order valence-electron chi connectivity index (χ2n) is 16.6. The highest BCUT2D eigenvalue weighted by Gasteiger charge is 2.19. The van der Waals surface area contributed by atoms with Crippen molar-refractivity contribution in [2.75, 3.05) is 10.2 Å². The Morgan fingerprint density at radius 2 is 0.862 bits per heavy atom. The van der Waals surface area contributed by atoms with Crippen LogP contribution in [0.1, 0.15) is 0 Å². The standard InChI is InChI=1S/C62H43N3/c1-3-16-45(17-4-1)53-23-11-13-28-58(53)63-59-39-41-61(55-25-10-9-24-54(55)59)64(50-37-32-46(33-38-50)52-27-15-19-44-18-7-8-22-51(44)52)49-35-30-43(31-36-49)47-34-40-62-57(42-47)56-26-12-14-29-60(56)65(62)48-20-5-2-6-21-48/h1-42,63H. The van der Waals surface area contributed by atoms with Gasteiger partial charge in [-0.1, -0.05) is 182 Å². The molecule has 1 aromatic heterocycles.